The number of rotatable bonds is 4. The van der Waals surface area contributed by atoms with Crippen LogP contribution < -0.4 is 9.47 Å². The molecule has 3 saturated carbocycles. The third-order valence-electron chi connectivity index (χ3n) is 7.76. The van der Waals surface area contributed by atoms with Gasteiger partial charge < -0.3 is 9.47 Å². The molecule has 0 saturated heterocycles. The van der Waals surface area contributed by atoms with Crippen LogP contribution in [0.4, 0.5) is 0 Å². The standard InChI is InChI=1S/C25H28O3/c1-16(26)28-21-12-8-19(9-13-21)25(18-6-10-20(27-2)11-7-18)15-17-14-24(25)23-5-3-4-22(17)23/h6-13,17,22-24H,3-5,14-15H2,1-2H3. The number of carbonyl (C=O) groups excluding carboxylic acids is 1. The fraction of sp³-hybridized carbons (Fsp3) is 0.480. The van der Waals surface area contributed by atoms with Crippen LogP contribution in [0, 0.1) is 23.7 Å². The normalized spacial score (nSPS) is 32.9. The van der Waals surface area contributed by atoms with Gasteiger partial charge in [0, 0.05) is 12.3 Å². The summed E-state index contributed by atoms with van der Waals surface area (Å²) in [5, 5.41) is 0. The van der Waals surface area contributed by atoms with Crippen molar-refractivity contribution < 1.29 is 14.3 Å². The summed E-state index contributed by atoms with van der Waals surface area (Å²) in [5.74, 6) is 4.61. The molecule has 2 aromatic carbocycles. The molecule has 0 heterocycles. The highest BCUT2D eigenvalue weighted by molar-refractivity contribution is 5.69. The van der Waals surface area contributed by atoms with Crippen LogP contribution in [0.2, 0.25) is 0 Å². The molecule has 0 radical (unpaired) electrons. The summed E-state index contributed by atoms with van der Waals surface area (Å²) >= 11 is 0. The van der Waals surface area contributed by atoms with Gasteiger partial charge in [-0.05, 0) is 84.7 Å². The summed E-state index contributed by atoms with van der Waals surface area (Å²) in [5.41, 5.74) is 2.84. The molecule has 0 amide bonds. The Hall–Kier alpha value is -2.29. The third-order valence-corrected chi connectivity index (χ3v) is 7.76. The molecule has 3 nitrogen and oxygen atoms in total. The minimum absolute atomic E-state index is 0.0667. The van der Waals surface area contributed by atoms with Gasteiger partial charge in [-0.2, -0.15) is 0 Å². The van der Waals surface area contributed by atoms with E-state index in [1.54, 1.807) is 7.11 Å². The van der Waals surface area contributed by atoms with E-state index in [1.165, 1.54) is 50.2 Å². The highest BCUT2D eigenvalue weighted by atomic mass is 16.5. The number of esters is 1. The molecule has 3 aliphatic rings. The highest BCUT2D eigenvalue weighted by Crippen LogP contribution is 2.68. The lowest BCUT2D eigenvalue weighted by molar-refractivity contribution is -0.131. The molecule has 2 bridgehead atoms. The van der Waals surface area contributed by atoms with Gasteiger partial charge in [0.05, 0.1) is 7.11 Å². The van der Waals surface area contributed by atoms with E-state index in [9.17, 15) is 4.79 Å². The van der Waals surface area contributed by atoms with Gasteiger partial charge >= 0.3 is 5.97 Å². The summed E-state index contributed by atoms with van der Waals surface area (Å²) in [6.45, 7) is 1.45. The number of ether oxygens (including phenoxy) is 2. The number of hydrogen-bond acceptors (Lipinski definition) is 3. The van der Waals surface area contributed by atoms with Crippen LogP contribution in [0.1, 0.15) is 50.2 Å². The molecule has 146 valence electrons. The number of fused-ring (bicyclic) bond motifs is 5. The molecule has 5 rings (SSSR count). The molecule has 3 aliphatic carbocycles. The van der Waals surface area contributed by atoms with Gasteiger partial charge in [-0.1, -0.05) is 30.7 Å². The number of methoxy groups -OCH3 is 1. The van der Waals surface area contributed by atoms with Crippen LogP contribution in [-0.4, -0.2) is 13.1 Å². The quantitative estimate of drug-likeness (QED) is 0.532. The first-order valence-corrected chi connectivity index (χ1v) is 10.6. The second kappa shape index (κ2) is 6.65. The minimum Gasteiger partial charge on any atom is -0.497 e. The average molecular weight is 376 g/mol. The van der Waals surface area contributed by atoms with Gasteiger partial charge in [-0.15, -0.1) is 0 Å². The number of hydrogen-bond donors (Lipinski definition) is 0. The number of benzene rings is 2. The van der Waals surface area contributed by atoms with E-state index in [0.717, 1.165) is 23.5 Å². The predicted molar refractivity (Wildman–Crippen MR) is 109 cm³/mol. The Labute approximate surface area is 167 Å². The monoisotopic (exact) mass is 376 g/mol. The van der Waals surface area contributed by atoms with Crippen molar-refractivity contribution in [3.63, 3.8) is 0 Å². The van der Waals surface area contributed by atoms with Gasteiger partial charge in [-0.25, -0.2) is 0 Å². The van der Waals surface area contributed by atoms with E-state index < -0.39 is 0 Å². The lowest BCUT2D eigenvalue weighted by Gasteiger charge is -2.44. The molecule has 5 atom stereocenters. The molecular weight excluding hydrogens is 348 g/mol. The van der Waals surface area contributed by atoms with Gasteiger partial charge in [0.25, 0.3) is 0 Å². The van der Waals surface area contributed by atoms with Crippen molar-refractivity contribution in [1.82, 2.24) is 0 Å². The lowest BCUT2D eigenvalue weighted by Crippen LogP contribution is -2.40. The molecule has 3 fully saturated rings. The second-order valence-electron chi connectivity index (χ2n) is 8.88. The van der Waals surface area contributed by atoms with Crippen molar-refractivity contribution in [2.24, 2.45) is 23.7 Å². The predicted octanol–water partition coefficient (Wildman–Crippen LogP) is 5.36. The van der Waals surface area contributed by atoms with E-state index in [1.807, 2.05) is 12.1 Å². The average Bonchev–Trinajstić information content (AvgIpc) is 3.41. The van der Waals surface area contributed by atoms with E-state index in [0.29, 0.717) is 11.7 Å². The summed E-state index contributed by atoms with van der Waals surface area (Å²) in [6, 6.07) is 17.0. The highest BCUT2D eigenvalue weighted by Gasteiger charge is 2.61. The summed E-state index contributed by atoms with van der Waals surface area (Å²) < 4.78 is 10.7. The fourth-order valence-electron chi connectivity index (χ4n) is 6.85. The Bertz CT molecular complexity index is 870. The van der Waals surface area contributed by atoms with Crippen molar-refractivity contribution in [2.75, 3.05) is 7.11 Å². The zero-order valence-electron chi connectivity index (χ0n) is 16.7. The summed E-state index contributed by atoms with van der Waals surface area (Å²) in [6.07, 6.45) is 6.79. The fourth-order valence-corrected chi connectivity index (χ4v) is 6.85. The minimum atomic E-state index is -0.272. The molecular formula is C25H28O3. The molecule has 0 aliphatic heterocycles. The van der Waals surface area contributed by atoms with Crippen molar-refractivity contribution >= 4 is 5.97 Å². The van der Waals surface area contributed by atoms with E-state index in [-0.39, 0.29) is 11.4 Å². The second-order valence-corrected chi connectivity index (χ2v) is 8.88. The molecule has 0 aromatic heterocycles. The first kappa shape index (κ1) is 17.8. The van der Waals surface area contributed by atoms with Crippen molar-refractivity contribution in [2.45, 2.75) is 44.4 Å². The van der Waals surface area contributed by atoms with E-state index >= 15 is 0 Å². The molecule has 28 heavy (non-hydrogen) atoms. The number of carbonyl (C=O) groups is 1. The van der Waals surface area contributed by atoms with Gasteiger partial charge in [0.1, 0.15) is 11.5 Å². The Morgan fingerprint density at radius 2 is 1.54 bits per heavy atom. The topological polar surface area (TPSA) is 35.5 Å². The zero-order chi connectivity index (χ0) is 19.3. The maximum Gasteiger partial charge on any atom is 0.308 e. The van der Waals surface area contributed by atoms with Crippen molar-refractivity contribution in [3.05, 3.63) is 59.7 Å². The largest absolute Gasteiger partial charge is 0.497 e. The Balaban J connectivity index is 1.58. The van der Waals surface area contributed by atoms with Crippen LogP contribution in [-0.2, 0) is 10.2 Å². The maximum atomic E-state index is 11.3. The van der Waals surface area contributed by atoms with E-state index in [2.05, 4.69) is 36.4 Å². The molecule has 0 N–H and O–H groups in total. The first-order chi connectivity index (χ1) is 13.6. The van der Waals surface area contributed by atoms with Crippen LogP contribution in [0.15, 0.2) is 48.5 Å². The van der Waals surface area contributed by atoms with Gasteiger partial charge in [-0.3, -0.25) is 4.79 Å². The van der Waals surface area contributed by atoms with Crippen LogP contribution in [0.25, 0.3) is 0 Å². The van der Waals surface area contributed by atoms with Crippen molar-refractivity contribution in [1.29, 1.82) is 0 Å². The van der Waals surface area contributed by atoms with Crippen LogP contribution >= 0.6 is 0 Å². The van der Waals surface area contributed by atoms with Gasteiger partial charge in [0.2, 0.25) is 0 Å². The SMILES string of the molecule is COc1ccc(C2(c3ccc(OC(C)=O)cc3)CC3CC2C2CCCC32)cc1. The Kier molecular flexibility index (Phi) is 4.22. The Morgan fingerprint density at radius 3 is 2.14 bits per heavy atom. The molecule has 5 unspecified atom stereocenters. The van der Waals surface area contributed by atoms with Gasteiger partial charge in [0.15, 0.2) is 0 Å². The maximum absolute atomic E-state index is 11.3. The van der Waals surface area contributed by atoms with Crippen LogP contribution in [0.3, 0.4) is 0 Å². The molecule has 3 heteroatoms. The molecule has 2 aromatic rings. The lowest BCUT2D eigenvalue weighted by atomic mass is 9.59. The first-order valence-electron chi connectivity index (χ1n) is 10.6. The van der Waals surface area contributed by atoms with E-state index in [4.69, 9.17) is 9.47 Å². The Morgan fingerprint density at radius 1 is 0.929 bits per heavy atom. The zero-order valence-corrected chi connectivity index (χ0v) is 16.7. The summed E-state index contributed by atoms with van der Waals surface area (Å²) in [4.78, 5) is 11.3. The molecule has 0 spiro atoms. The van der Waals surface area contributed by atoms with Crippen LogP contribution in [0.5, 0.6) is 11.5 Å². The van der Waals surface area contributed by atoms with Crippen molar-refractivity contribution in [3.8, 4) is 11.5 Å². The smallest absolute Gasteiger partial charge is 0.308 e. The third kappa shape index (κ3) is 2.59. The summed E-state index contributed by atoms with van der Waals surface area (Å²) in [7, 11) is 1.72.